The molecule has 0 saturated heterocycles. The number of ether oxygens (including phenoxy) is 1. The Morgan fingerprint density at radius 2 is 2.12 bits per heavy atom. The molecule has 1 rings (SSSR count). The third-order valence-corrected chi connectivity index (χ3v) is 2.72. The Bertz CT molecular complexity index is 347. The third-order valence-electron chi connectivity index (χ3n) is 2.00. The van der Waals surface area contributed by atoms with Gasteiger partial charge in [0.25, 0.3) is 0 Å². The SMILES string of the molecule is CCOC(=O)CC(N)c1ccccc1Br.Cl. The fourth-order valence-corrected chi connectivity index (χ4v) is 1.86. The third kappa shape index (κ3) is 4.51. The van der Waals surface area contributed by atoms with E-state index in [1.54, 1.807) is 6.92 Å². The maximum absolute atomic E-state index is 11.2. The molecule has 0 radical (unpaired) electrons. The van der Waals surface area contributed by atoms with Crippen LogP contribution in [0.2, 0.25) is 0 Å². The van der Waals surface area contributed by atoms with Crippen molar-refractivity contribution in [3.63, 3.8) is 0 Å². The zero-order chi connectivity index (χ0) is 11.3. The van der Waals surface area contributed by atoms with E-state index >= 15 is 0 Å². The van der Waals surface area contributed by atoms with Gasteiger partial charge in [0.05, 0.1) is 13.0 Å². The van der Waals surface area contributed by atoms with E-state index in [2.05, 4.69) is 15.9 Å². The number of halogens is 2. The van der Waals surface area contributed by atoms with E-state index in [0.717, 1.165) is 10.0 Å². The predicted molar refractivity (Wildman–Crippen MR) is 69.6 cm³/mol. The summed E-state index contributed by atoms with van der Waals surface area (Å²) in [5.74, 6) is -0.263. The van der Waals surface area contributed by atoms with Crippen LogP contribution in [-0.4, -0.2) is 12.6 Å². The molecule has 90 valence electrons. The average molecular weight is 309 g/mol. The lowest BCUT2D eigenvalue weighted by molar-refractivity contribution is -0.143. The number of hydrogen-bond acceptors (Lipinski definition) is 3. The molecule has 0 spiro atoms. The molecule has 3 nitrogen and oxygen atoms in total. The second kappa shape index (κ2) is 7.65. The summed E-state index contributed by atoms with van der Waals surface area (Å²) in [7, 11) is 0. The molecule has 1 aromatic carbocycles. The van der Waals surface area contributed by atoms with Gasteiger partial charge < -0.3 is 10.5 Å². The molecule has 16 heavy (non-hydrogen) atoms. The zero-order valence-electron chi connectivity index (χ0n) is 8.98. The van der Waals surface area contributed by atoms with Crippen LogP contribution in [0.15, 0.2) is 28.7 Å². The Labute approximate surface area is 110 Å². The lowest BCUT2D eigenvalue weighted by atomic mass is 10.1. The van der Waals surface area contributed by atoms with Crippen LogP contribution in [0, 0.1) is 0 Å². The van der Waals surface area contributed by atoms with Gasteiger partial charge in [-0.15, -0.1) is 12.4 Å². The molecule has 0 aliphatic carbocycles. The van der Waals surface area contributed by atoms with Crippen molar-refractivity contribution in [3.05, 3.63) is 34.3 Å². The van der Waals surface area contributed by atoms with Crippen LogP contribution in [0.5, 0.6) is 0 Å². The van der Waals surface area contributed by atoms with Gasteiger partial charge in [-0.05, 0) is 18.6 Å². The lowest BCUT2D eigenvalue weighted by Gasteiger charge is -2.12. The summed E-state index contributed by atoms with van der Waals surface area (Å²) < 4.78 is 5.76. The molecule has 5 heteroatoms. The van der Waals surface area contributed by atoms with Crippen LogP contribution < -0.4 is 5.73 Å². The molecule has 0 heterocycles. The van der Waals surface area contributed by atoms with Gasteiger partial charge in [0.1, 0.15) is 0 Å². The lowest BCUT2D eigenvalue weighted by Crippen LogP contribution is -2.17. The van der Waals surface area contributed by atoms with Crippen LogP contribution in [0.1, 0.15) is 24.9 Å². The molecule has 0 aliphatic heterocycles. The molecule has 1 aromatic rings. The van der Waals surface area contributed by atoms with Gasteiger partial charge in [0.15, 0.2) is 0 Å². The number of rotatable bonds is 4. The second-order valence-electron chi connectivity index (χ2n) is 3.14. The average Bonchev–Trinajstić information content (AvgIpc) is 2.18. The fraction of sp³-hybridized carbons (Fsp3) is 0.364. The van der Waals surface area contributed by atoms with Crippen LogP contribution >= 0.6 is 28.3 Å². The van der Waals surface area contributed by atoms with E-state index in [-0.39, 0.29) is 30.8 Å². The number of esters is 1. The first-order valence-electron chi connectivity index (χ1n) is 4.80. The number of carbonyl (C=O) groups is 1. The van der Waals surface area contributed by atoms with Gasteiger partial charge in [0.2, 0.25) is 0 Å². The highest BCUT2D eigenvalue weighted by Crippen LogP contribution is 2.23. The van der Waals surface area contributed by atoms with Gasteiger partial charge >= 0.3 is 5.97 Å². The van der Waals surface area contributed by atoms with Crippen molar-refractivity contribution >= 4 is 34.3 Å². The molecule has 1 atom stereocenters. The number of carbonyl (C=O) groups excluding carboxylic acids is 1. The van der Waals surface area contributed by atoms with Crippen LogP contribution in [0.25, 0.3) is 0 Å². The summed E-state index contributed by atoms with van der Waals surface area (Å²) in [6.45, 7) is 2.17. The Morgan fingerprint density at radius 1 is 1.50 bits per heavy atom. The van der Waals surface area contributed by atoms with E-state index in [0.29, 0.717) is 6.61 Å². The summed E-state index contributed by atoms with van der Waals surface area (Å²) >= 11 is 3.39. The van der Waals surface area contributed by atoms with Crippen molar-refractivity contribution < 1.29 is 9.53 Å². The minimum absolute atomic E-state index is 0. The van der Waals surface area contributed by atoms with Crippen molar-refractivity contribution in [1.82, 2.24) is 0 Å². The smallest absolute Gasteiger partial charge is 0.307 e. The topological polar surface area (TPSA) is 52.3 Å². The molecule has 2 N–H and O–H groups in total. The molecule has 0 aromatic heterocycles. The molecular formula is C11H15BrClNO2. The number of hydrogen-bond donors (Lipinski definition) is 1. The number of benzene rings is 1. The molecule has 0 aliphatic rings. The molecule has 0 saturated carbocycles. The highest BCUT2D eigenvalue weighted by atomic mass is 79.9. The molecule has 1 unspecified atom stereocenters. The summed E-state index contributed by atoms with van der Waals surface area (Å²) in [6, 6.07) is 7.28. The van der Waals surface area contributed by atoms with E-state index in [1.165, 1.54) is 0 Å². The van der Waals surface area contributed by atoms with Crippen molar-refractivity contribution in [2.45, 2.75) is 19.4 Å². The van der Waals surface area contributed by atoms with Crippen LogP contribution in [-0.2, 0) is 9.53 Å². The summed E-state index contributed by atoms with van der Waals surface area (Å²) in [5.41, 5.74) is 6.82. The normalized spacial score (nSPS) is 11.4. The van der Waals surface area contributed by atoms with Gasteiger partial charge in [-0.3, -0.25) is 4.79 Å². The van der Waals surface area contributed by atoms with Crippen molar-refractivity contribution in [3.8, 4) is 0 Å². The van der Waals surface area contributed by atoms with Crippen LogP contribution in [0.4, 0.5) is 0 Å². The first-order chi connectivity index (χ1) is 7.15. The highest BCUT2D eigenvalue weighted by molar-refractivity contribution is 9.10. The van der Waals surface area contributed by atoms with Crippen molar-refractivity contribution in [2.24, 2.45) is 5.73 Å². The van der Waals surface area contributed by atoms with E-state index in [9.17, 15) is 4.79 Å². The summed E-state index contributed by atoms with van der Waals surface area (Å²) in [6.07, 6.45) is 0.205. The second-order valence-corrected chi connectivity index (χ2v) is 3.99. The predicted octanol–water partition coefficient (Wildman–Crippen LogP) is 2.82. The van der Waals surface area contributed by atoms with E-state index in [1.807, 2.05) is 24.3 Å². The van der Waals surface area contributed by atoms with Crippen molar-refractivity contribution in [2.75, 3.05) is 6.61 Å². The van der Waals surface area contributed by atoms with Crippen LogP contribution in [0.3, 0.4) is 0 Å². The number of nitrogens with two attached hydrogens (primary N) is 1. The van der Waals surface area contributed by atoms with E-state index < -0.39 is 0 Å². The zero-order valence-corrected chi connectivity index (χ0v) is 11.4. The Kier molecular flexibility index (Phi) is 7.38. The minimum atomic E-state index is -0.320. The first kappa shape index (κ1) is 15.4. The van der Waals surface area contributed by atoms with Gasteiger partial charge in [0, 0.05) is 10.5 Å². The molecule has 0 amide bonds. The van der Waals surface area contributed by atoms with Gasteiger partial charge in [-0.2, -0.15) is 0 Å². The quantitative estimate of drug-likeness (QED) is 0.870. The fourth-order valence-electron chi connectivity index (χ4n) is 1.29. The van der Waals surface area contributed by atoms with Gasteiger partial charge in [-0.1, -0.05) is 34.1 Å². The first-order valence-corrected chi connectivity index (χ1v) is 5.60. The summed E-state index contributed by atoms with van der Waals surface area (Å²) in [5, 5.41) is 0. The van der Waals surface area contributed by atoms with E-state index in [4.69, 9.17) is 10.5 Å². The Morgan fingerprint density at radius 3 is 2.69 bits per heavy atom. The highest BCUT2D eigenvalue weighted by Gasteiger charge is 2.14. The minimum Gasteiger partial charge on any atom is -0.466 e. The Balaban J connectivity index is 0.00000225. The molecular weight excluding hydrogens is 293 g/mol. The molecule has 0 fully saturated rings. The Hall–Kier alpha value is -0.580. The van der Waals surface area contributed by atoms with Gasteiger partial charge in [-0.25, -0.2) is 0 Å². The van der Waals surface area contributed by atoms with Crippen molar-refractivity contribution in [1.29, 1.82) is 0 Å². The molecule has 0 bridgehead atoms. The largest absolute Gasteiger partial charge is 0.466 e. The standard InChI is InChI=1S/C11H14BrNO2.ClH/c1-2-15-11(14)7-10(13)8-5-3-4-6-9(8)12;/h3-6,10H,2,7,13H2,1H3;1H. The monoisotopic (exact) mass is 307 g/mol. The summed E-state index contributed by atoms with van der Waals surface area (Å²) in [4.78, 5) is 11.2. The maximum atomic E-state index is 11.2. The maximum Gasteiger partial charge on any atom is 0.307 e.